The van der Waals surface area contributed by atoms with E-state index in [0.29, 0.717) is 0 Å². The average molecular weight is 333 g/mol. The van der Waals surface area contributed by atoms with Gasteiger partial charge in [0.15, 0.2) is 5.78 Å². The van der Waals surface area contributed by atoms with Crippen LogP contribution >= 0.6 is 0 Å². The van der Waals surface area contributed by atoms with Crippen LogP contribution in [0.1, 0.15) is 39.2 Å². The number of ketones is 1. The maximum atomic E-state index is 12.8. The SMILES string of the molecule is Cn1c(O)c(C=N[C@H]2C(=O)[C@@]3(C)CC[C@H]2C3(C)C)c(=O)n(C)c1=O. The summed E-state index contributed by atoms with van der Waals surface area (Å²) in [4.78, 5) is 41.1. The Hall–Kier alpha value is -2.18. The van der Waals surface area contributed by atoms with Gasteiger partial charge in [-0.2, -0.15) is 0 Å². The fraction of sp³-hybridized carbons (Fsp3) is 0.647. The molecule has 2 aliphatic carbocycles. The van der Waals surface area contributed by atoms with Crippen molar-refractivity contribution >= 4 is 12.0 Å². The van der Waals surface area contributed by atoms with Crippen molar-refractivity contribution in [2.24, 2.45) is 35.8 Å². The summed E-state index contributed by atoms with van der Waals surface area (Å²) in [6.45, 7) is 6.19. The van der Waals surface area contributed by atoms with E-state index in [1.54, 1.807) is 0 Å². The number of rotatable bonds is 2. The van der Waals surface area contributed by atoms with Gasteiger partial charge in [-0.15, -0.1) is 0 Å². The summed E-state index contributed by atoms with van der Waals surface area (Å²) in [6, 6.07) is -0.500. The van der Waals surface area contributed by atoms with E-state index in [4.69, 9.17) is 0 Å². The second-order valence-electron chi connectivity index (χ2n) is 7.73. The molecule has 2 aliphatic rings. The quantitative estimate of drug-likeness (QED) is 0.802. The molecule has 2 bridgehead atoms. The summed E-state index contributed by atoms with van der Waals surface area (Å²) >= 11 is 0. The molecule has 2 fully saturated rings. The highest BCUT2D eigenvalue weighted by Crippen LogP contribution is 2.64. The van der Waals surface area contributed by atoms with Gasteiger partial charge in [0.2, 0.25) is 5.88 Å². The van der Waals surface area contributed by atoms with Crippen molar-refractivity contribution < 1.29 is 9.90 Å². The Bertz CT molecular complexity index is 877. The van der Waals surface area contributed by atoms with Crippen LogP contribution in [0, 0.1) is 16.7 Å². The summed E-state index contributed by atoms with van der Waals surface area (Å²) in [5, 5.41) is 10.1. The molecule has 7 heteroatoms. The number of hydrogen-bond acceptors (Lipinski definition) is 5. The van der Waals surface area contributed by atoms with Gasteiger partial charge in [-0.1, -0.05) is 20.8 Å². The van der Waals surface area contributed by atoms with E-state index >= 15 is 0 Å². The van der Waals surface area contributed by atoms with Crippen molar-refractivity contribution in [3.8, 4) is 5.88 Å². The lowest BCUT2D eigenvalue weighted by Crippen LogP contribution is -2.39. The van der Waals surface area contributed by atoms with Crippen molar-refractivity contribution in [1.82, 2.24) is 9.13 Å². The molecule has 0 spiro atoms. The predicted molar refractivity (Wildman–Crippen MR) is 89.6 cm³/mol. The zero-order valence-corrected chi connectivity index (χ0v) is 14.7. The third-order valence-electron chi connectivity index (χ3n) is 6.53. The summed E-state index contributed by atoms with van der Waals surface area (Å²) in [6.07, 6.45) is 3.04. The van der Waals surface area contributed by atoms with Gasteiger partial charge in [0.1, 0.15) is 11.6 Å². The van der Waals surface area contributed by atoms with Crippen LogP contribution in [0.3, 0.4) is 0 Å². The number of aliphatic imine (C=N–C) groups is 1. The summed E-state index contributed by atoms with van der Waals surface area (Å²) in [7, 11) is 2.72. The number of carbonyl (C=O) groups excluding carboxylic acids is 1. The molecule has 0 radical (unpaired) electrons. The zero-order valence-electron chi connectivity index (χ0n) is 14.7. The molecule has 3 rings (SSSR count). The third-order valence-corrected chi connectivity index (χ3v) is 6.53. The first-order valence-electron chi connectivity index (χ1n) is 8.10. The Kier molecular flexibility index (Phi) is 3.41. The molecule has 1 N–H and O–H groups in total. The third kappa shape index (κ3) is 1.84. The Morgan fingerprint density at radius 2 is 1.79 bits per heavy atom. The van der Waals surface area contributed by atoms with Gasteiger partial charge in [-0.3, -0.25) is 23.7 Å². The molecule has 130 valence electrons. The van der Waals surface area contributed by atoms with Crippen molar-refractivity contribution in [3.05, 3.63) is 26.4 Å². The minimum atomic E-state index is -0.625. The van der Waals surface area contributed by atoms with Crippen LogP contribution in [0.25, 0.3) is 0 Å². The highest BCUT2D eigenvalue weighted by atomic mass is 16.3. The molecule has 1 heterocycles. The molecule has 1 aromatic heterocycles. The van der Waals surface area contributed by atoms with E-state index in [9.17, 15) is 19.5 Å². The van der Waals surface area contributed by atoms with Gasteiger partial charge < -0.3 is 5.11 Å². The molecule has 3 atom stereocenters. The molecule has 0 unspecified atom stereocenters. The molecule has 1 aromatic rings. The maximum Gasteiger partial charge on any atom is 0.333 e. The fourth-order valence-corrected chi connectivity index (χ4v) is 4.34. The van der Waals surface area contributed by atoms with Crippen LogP contribution in [-0.2, 0) is 18.9 Å². The Morgan fingerprint density at radius 3 is 2.33 bits per heavy atom. The van der Waals surface area contributed by atoms with E-state index in [0.717, 1.165) is 22.0 Å². The van der Waals surface area contributed by atoms with E-state index in [2.05, 4.69) is 18.8 Å². The van der Waals surface area contributed by atoms with Gasteiger partial charge in [-0.05, 0) is 24.2 Å². The van der Waals surface area contributed by atoms with Crippen LogP contribution in [0.5, 0.6) is 5.88 Å². The first-order valence-corrected chi connectivity index (χ1v) is 8.10. The molecule has 24 heavy (non-hydrogen) atoms. The fourth-order valence-electron chi connectivity index (χ4n) is 4.34. The lowest BCUT2D eigenvalue weighted by Gasteiger charge is -2.31. The summed E-state index contributed by atoms with van der Waals surface area (Å²) in [5.74, 6) is -0.209. The zero-order chi connectivity index (χ0) is 18.0. The molecule has 0 saturated heterocycles. The number of fused-ring (bicyclic) bond motifs is 2. The lowest BCUT2D eigenvalue weighted by atomic mass is 9.70. The summed E-state index contributed by atoms with van der Waals surface area (Å²) < 4.78 is 1.89. The van der Waals surface area contributed by atoms with E-state index in [-0.39, 0.29) is 22.7 Å². The number of aromatic nitrogens is 2. The van der Waals surface area contributed by atoms with Gasteiger partial charge in [0, 0.05) is 25.7 Å². The molecule has 0 amide bonds. The lowest BCUT2D eigenvalue weighted by molar-refractivity contribution is -0.129. The minimum Gasteiger partial charge on any atom is -0.494 e. The smallest absolute Gasteiger partial charge is 0.333 e. The molecule has 0 aliphatic heterocycles. The number of nitrogens with zero attached hydrogens (tertiary/aromatic N) is 3. The van der Waals surface area contributed by atoms with Crippen molar-refractivity contribution in [1.29, 1.82) is 0 Å². The molecule has 2 saturated carbocycles. The van der Waals surface area contributed by atoms with E-state index < -0.39 is 28.6 Å². The van der Waals surface area contributed by atoms with Crippen LogP contribution in [0.2, 0.25) is 0 Å². The van der Waals surface area contributed by atoms with E-state index in [1.807, 2.05) is 6.92 Å². The minimum absolute atomic E-state index is 0.0712. The predicted octanol–water partition coefficient (Wildman–Crippen LogP) is 0.602. The molecular formula is C17H23N3O4. The van der Waals surface area contributed by atoms with Crippen molar-refractivity contribution in [2.75, 3.05) is 0 Å². The highest BCUT2D eigenvalue weighted by Gasteiger charge is 2.66. The molecule has 0 aromatic carbocycles. The number of aromatic hydroxyl groups is 1. The van der Waals surface area contributed by atoms with Gasteiger partial charge in [-0.25, -0.2) is 4.79 Å². The van der Waals surface area contributed by atoms with Crippen LogP contribution < -0.4 is 11.2 Å². The van der Waals surface area contributed by atoms with Crippen LogP contribution in [-0.4, -0.2) is 32.3 Å². The van der Waals surface area contributed by atoms with Crippen LogP contribution in [0.4, 0.5) is 0 Å². The van der Waals surface area contributed by atoms with Gasteiger partial charge >= 0.3 is 5.69 Å². The van der Waals surface area contributed by atoms with Gasteiger partial charge in [0.05, 0.1) is 0 Å². The number of carbonyl (C=O) groups is 1. The largest absolute Gasteiger partial charge is 0.494 e. The summed E-state index contributed by atoms with van der Waals surface area (Å²) in [5.41, 5.74) is -1.84. The Labute approximate surface area is 139 Å². The van der Waals surface area contributed by atoms with Crippen molar-refractivity contribution in [2.45, 2.75) is 39.7 Å². The monoisotopic (exact) mass is 333 g/mol. The topological polar surface area (TPSA) is 93.7 Å². The maximum absolute atomic E-state index is 12.8. The second-order valence-corrected chi connectivity index (χ2v) is 7.73. The van der Waals surface area contributed by atoms with Crippen molar-refractivity contribution in [3.63, 3.8) is 0 Å². The number of Topliss-reactive ketones (excluding diaryl/α,β-unsaturated/α-hetero) is 1. The standard InChI is InChI=1S/C17H23N3O4/c1-16(2)10-6-7-17(16,3)12(21)11(10)18-8-9-13(22)19(4)15(24)20(5)14(9)23/h8,10-11,22H,6-7H2,1-5H3/t10-,11-,17-/m1/s1. The van der Waals surface area contributed by atoms with E-state index in [1.165, 1.54) is 20.3 Å². The first kappa shape index (κ1) is 16.7. The highest BCUT2D eigenvalue weighted by molar-refractivity contribution is 5.96. The van der Waals surface area contributed by atoms with Gasteiger partial charge in [0.25, 0.3) is 5.56 Å². The molecule has 7 nitrogen and oxygen atoms in total. The Balaban J connectivity index is 2.04. The molecular weight excluding hydrogens is 310 g/mol. The normalized spacial score (nSPS) is 31.3. The average Bonchev–Trinajstić information content (AvgIpc) is 2.84. The number of hydrogen-bond donors (Lipinski definition) is 1. The Morgan fingerprint density at radius 1 is 1.17 bits per heavy atom. The second kappa shape index (κ2) is 4.91. The first-order chi connectivity index (χ1) is 11.0. The van der Waals surface area contributed by atoms with Crippen LogP contribution in [0.15, 0.2) is 14.6 Å².